The molecule has 0 amide bonds. The van der Waals surface area contributed by atoms with Crippen molar-refractivity contribution in [2.24, 2.45) is 0 Å². The Hall–Kier alpha value is -1.70. The maximum atomic E-state index is 13.4. The zero-order valence-electron chi connectivity index (χ0n) is 10.0. The highest BCUT2D eigenvalue weighted by molar-refractivity contribution is 7.92. The molecule has 1 N–H and O–H groups in total. The van der Waals surface area contributed by atoms with E-state index >= 15 is 0 Å². The van der Waals surface area contributed by atoms with E-state index in [1.165, 1.54) is 12.1 Å². The number of nitro benzene ring substituents is 1. The van der Waals surface area contributed by atoms with E-state index in [4.69, 9.17) is 0 Å². The molecule has 1 atom stereocenters. The summed E-state index contributed by atoms with van der Waals surface area (Å²) in [7, 11) is -3.13. The van der Waals surface area contributed by atoms with Crippen molar-refractivity contribution in [2.45, 2.75) is 18.1 Å². The van der Waals surface area contributed by atoms with Crippen molar-refractivity contribution in [3.05, 3.63) is 34.1 Å². The average Bonchev–Trinajstić information content (AvgIpc) is 2.65. The van der Waals surface area contributed by atoms with Crippen molar-refractivity contribution >= 4 is 21.2 Å². The predicted octanol–water partition coefficient (Wildman–Crippen LogP) is 1.72. The van der Waals surface area contributed by atoms with Crippen LogP contribution in [0, 0.1) is 15.9 Å². The molecule has 1 aromatic carbocycles. The molecule has 8 heteroatoms. The smallest absolute Gasteiger partial charge is 0.327 e. The third-order valence-electron chi connectivity index (χ3n) is 3.15. The molecule has 1 fully saturated rings. The minimum atomic E-state index is -3.13. The molecule has 2 rings (SSSR count). The Morgan fingerprint density at radius 2 is 2.21 bits per heavy atom. The van der Waals surface area contributed by atoms with Crippen molar-refractivity contribution in [1.82, 2.24) is 0 Å². The van der Waals surface area contributed by atoms with E-state index in [1.807, 2.05) is 0 Å². The van der Waals surface area contributed by atoms with Gasteiger partial charge in [-0.15, -0.1) is 0 Å². The molecule has 0 bridgehead atoms. The lowest BCUT2D eigenvalue weighted by molar-refractivity contribution is -0.386. The number of halogens is 1. The second-order valence-corrected chi connectivity index (χ2v) is 6.81. The topological polar surface area (TPSA) is 89.3 Å². The number of nitro groups is 1. The molecule has 1 heterocycles. The molecule has 6 nitrogen and oxygen atoms in total. The Kier molecular flexibility index (Phi) is 3.70. The lowest BCUT2D eigenvalue weighted by Crippen LogP contribution is -2.25. The Balaban J connectivity index is 2.16. The molecule has 1 saturated heterocycles. The highest BCUT2D eigenvalue weighted by Gasteiger charge is 2.31. The Bertz CT molecular complexity index is 603. The predicted molar refractivity (Wildman–Crippen MR) is 68.4 cm³/mol. The van der Waals surface area contributed by atoms with Crippen LogP contribution < -0.4 is 5.32 Å². The van der Waals surface area contributed by atoms with Gasteiger partial charge in [0.15, 0.2) is 9.84 Å². The van der Waals surface area contributed by atoms with E-state index in [-0.39, 0.29) is 18.0 Å². The summed E-state index contributed by atoms with van der Waals surface area (Å²) in [6, 6.07) is 3.70. The fourth-order valence-electron chi connectivity index (χ4n) is 2.15. The number of nitrogens with zero attached hydrogens (tertiary/aromatic N) is 1. The first-order valence-corrected chi connectivity index (χ1v) is 7.51. The maximum absolute atomic E-state index is 13.4. The van der Waals surface area contributed by atoms with Crippen LogP contribution in [0.4, 0.5) is 15.8 Å². The molecule has 1 aliphatic heterocycles. The van der Waals surface area contributed by atoms with Crippen LogP contribution in [0.3, 0.4) is 0 Å². The number of hydrogen-bond donors (Lipinski definition) is 1. The maximum Gasteiger partial charge on any atom is 0.327 e. The molecule has 0 aliphatic carbocycles. The number of hydrogen-bond acceptors (Lipinski definition) is 5. The number of para-hydroxylation sites is 1. The van der Waals surface area contributed by atoms with Gasteiger partial charge in [0.05, 0.1) is 15.9 Å². The number of sulfone groups is 1. The van der Waals surface area contributed by atoms with E-state index in [0.717, 1.165) is 6.07 Å². The molecule has 0 radical (unpaired) electrons. The highest BCUT2D eigenvalue weighted by Crippen LogP contribution is 2.28. The SMILES string of the molecule is O=[N+]([O-])c1c(F)cccc1NCC1CCCS1(=O)=O. The molecule has 1 aliphatic rings. The first-order valence-electron chi connectivity index (χ1n) is 5.80. The standard InChI is InChI=1S/C11H13FN2O4S/c12-9-4-1-5-10(11(9)14(15)16)13-7-8-3-2-6-19(8,17)18/h1,4-5,8,13H,2-3,6-7H2. The summed E-state index contributed by atoms with van der Waals surface area (Å²) in [5.74, 6) is -0.797. The number of nitrogens with one attached hydrogen (secondary N) is 1. The molecule has 104 valence electrons. The molecule has 1 unspecified atom stereocenters. The second-order valence-electron chi connectivity index (χ2n) is 4.41. The molecule has 1 aromatic rings. The lowest BCUT2D eigenvalue weighted by atomic mass is 10.2. The van der Waals surface area contributed by atoms with E-state index in [2.05, 4.69) is 5.32 Å². The molecule has 0 aromatic heterocycles. The summed E-state index contributed by atoms with van der Waals surface area (Å²) < 4.78 is 36.6. The largest absolute Gasteiger partial charge is 0.378 e. The van der Waals surface area contributed by atoms with Crippen molar-refractivity contribution in [3.63, 3.8) is 0 Å². The fraction of sp³-hybridized carbons (Fsp3) is 0.455. The van der Waals surface area contributed by atoms with Crippen molar-refractivity contribution in [3.8, 4) is 0 Å². The number of benzene rings is 1. The van der Waals surface area contributed by atoms with Gasteiger partial charge < -0.3 is 5.32 Å². The average molecular weight is 288 g/mol. The minimum Gasteiger partial charge on any atom is -0.378 e. The normalized spacial score (nSPS) is 21.2. The van der Waals surface area contributed by atoms with Crippen LogP contribution in [0.5, 0.6) is 0 Å². The first kappa shape index (κ1) is 13.7. The van der Waals surface area contributed by atoms with E-state index in [1.54, 1.807) is 0 Å². The quantitative estimate of drug-likeness (QED) is 0.673. The molecule has 0 spiro atoms. The zero-order valence-corrected chi connectivity index (χ0v) is 10.8. The van der Waals surface area contributed by atoms with Crippen LogP contribution in [0.2, 0.25) is 0 Å². The summed E-state index contributed by atoms with van der Waals surface area (Å²) in [6.45, 7) is 0.0621. The van der Waals surface area contributed by atoms with Crippen molar-refractivity contribution in [2.75, 3.05) is 17.6 Å². The molecule has 0 saturated carbocycles. The van der Waals surface area contributed by atoms with Gasteiger partial charge in [0, 0.05) is 6.54 Å². The minimum absolute atomic E-state index is 0.00657. The van der Waals surface area contributed by atoms with Gasteiger partial charge in [0.2, 0.25) is 5.82 Å². The number of anilines is 1. The molecule has 19 heavy (non-hydrogen) atoms. The first-order chi connectivity index (χ1) is 8.92. The van der Waals surface area contributed by atoms with Gasteiger partial charge >= 0.3 is 5.69 Å². The van der Waals surface area contributed by atoms with Gasteiger partial charge in [-0.3, -0.25) is 10.1 Å². The summed E-state index contributed by atoms with van der Waals surface area (Å²) in [5.41, 5.74) is -0.648. The van der Waals surface area contributed by atoms with Crippen LogP contribution >= 0.6 is 0 Å². The summed E-state index contributed by atoms with van der Waals surface area (Å²) >= 11 is 0. The van der Waals surface area contributed by atoms with Gasteiger partial charge in [-0.1, -0.05) is 6.07 Å². The molecular formula is C11H13FN2O4S. The third-order valence-corrected chi connectivity index (χ3v) is 5.43. The second kappa shape index (κ2) is 5.12. The summed E-state index contributed by atoms with van der Waals surface area (Å²) in [4.78, 5) is 9.95. The van der Waals surface area contributed by atoms with Crippen LogP contribution in [-0.2, 0) is 9.84 Å². The molecular weight excluding hydrogens is 275 g/mol. The third kappa shape index (κ3) is 2.83. The lowest BCUT2D eigenvalue weighted by Gasteiger charge is -2.12. The Morgan fingerprint density at radius 3 is 2.79 bits per heavy atom. The van der Waals surface area contributed by atoms with E-state index in [9.17, 15) is 22.9 Å². The summed E-state index contributed by atoms with van der Waals surface area (Å²) in [6.07, 6.45) is 1.12. The van der Waals surface area contributed by atoms with Gasteiger partial charge in [0.25, 0.3) is 0 Å². The van der Waals surface area contributed by atoms with Crippen molar-refractivity contribution in [1.29, 1.82) is 0 Å². The highest BCUT2D eigenvalue weighted by atomic mass is 32.2. The Morgan fingerprint density at radius 1 is 1.47 bits per heavy atom. The van der Waals surface area contributed by atoms with Gasteiger partial charge in [-0.05, 0) is 25.0 Å². The number of rotatable bonds is 4. The summed E-state index contributed by atoms with van der Waals surface area (Å²) in [5, 5.41) is 12.9. The van der Waals surface area contributed by atoms with Crippen LogP contribution in [-0.4, -0.2) is 30.9 Å². The van der Waals surface area contributed by atoms with Crippen molar-refractivity contribution < 1.29 is 17.7 Å². The zero-order chi connectivity index (χ0) is 14.0. The van der Waals surface area contributed by atoms with E-state index in [0.29, 0.717) is 12.8 Å². The van der Waals surface area contributed by atoms with Gasteiger partial charge in [0.1, 0.15) is 5.69 Å². The van der Waals surface area contributed by atoms with Gasteiger partial charge in [-0.25, -0.2) is 8.42 Å². The monoisotopic (exact) mass is 288 g/mol. The van der Waals surface area contributed by atoms with Crippen LogP contribution in [0.15, 0.2) is 18.2 Å². The Labute approximate surface area is 109 Å². The fourth-order valence-corrected chi connectivity index (χ4v) is 3.92. The van der Waals surface area contributed by atoms with E-state index < -0.39 is 31.5 Å². The van der Waals surface area contributed by atoms with Crippen LogP contribution in [0.1, 0.15) is 12.8 Å². The van der Waals surface area contributed by atoms with Crippen LogP contribution in [0.25, 0.3) is 0 Å². The van der Waals surface area contributed by atoms with Gasteiger partial charge in [-0.2, -0.15) is 4.39 Å².